The minimum Gasteiger partial charge on any atom is -0.478 e. The highest BCUT2D eigenvalue weighted by atomic mass is 16.4. The van der Waals surface area contributed by atoms with Crippen LogP contribution in [0.1, 0.15) is 20.7 Å². The Hall–Kier alpha value is -2.16. The first kappa shape index (κ1) is 10.4. The fourth-order valence-electron chi connectivity index (χ4n) is 1.55. The summed E-state index contributed by atoms with van der Waals surface area (Å²) in [7, 11) is 0. The van der Waals surface area contributed by atoms with E-state index < -0.39 is 5.97 Å². The van der Waals surface area contributed by atoms with Gasteiger partial charge in [0.25, 0.3) is 0 Å². The quantitative estimate of drug-likeness (QED) is 0.783. The van der Waals surface area contributed by atoms with E-state index in [4.69, 9.17) is 5.11 Å². The molecule has 0 aliphatic heterocycles. The van der Waals surface area contributed by atoms with Gasteiger partial charge in [-0.3, -0.25) is 4.79 Å². The van der Waals surface area contributed by atoms with Crippen LogP contribution in [0.3, 0.4) is 0 Å². The van der Waals surface area contributed by atoms with E-state index in [-0.39, 0.29) is 16.9 Å². The van der Waals surface area contributed by atoms with Crippen molar-refractivity contribution in [2.75, 3.05) is 0 Å². The van der Waals surface area contributed by atoms with E-state index in [0.717, 1.165) is 0 Å². The van der Waals surface area contributed by atoms with E-state index >= 15 is 0 Å². The Morgan fingerprint density at radius 1 is 1.00 bits per heavy atom. The number of hydrogen-bond donors (Lipinski definition) is 1. The molecule has 0 heterocycles. The molecule has 1 aromatic rings. The third-order valence-electron chi connectivity index (χ3n) is 2.33. The van der Waals surface area contributed by atoms with Gasteiger partial charge in [-0.05, 0) is 6.07 Å². The summed E-state index contributed by atoms with van der Waals surface area (Å²) in [5.74, 6) is -1.35. The number of aromatic carboxylic acids is 1. The second-order valence-electron chi connectivity index (χ2n) is 3.35. The molecule has 3 nitrogen and oxygen atoms in total. The molecule has 2 rings (SSSR count). The molecule has 0 saturated heterocycles. The molecule has 3 heteroatoms. The molecule has 0 bridgehead atoms. The van der Waals surface area contributed by atoms with Crippen molar-refractivity contribution in [3.8, 4) is 0 Å². The number of carboxylic acids is 1. The van der Waals surface area contributed by atoms with E-state index in [0.29, 0.717) is 5.57 Å². The van der Waals surface area contributed by atoms with Crippen molar-refractivity contribution in [3.63, 3.8) is 0 Å². The van der Waals surface area contributed by atoms with Gasteiger partial charge in [-0.25, -0.2) is 4.79 Å². The molecular weight excluding hydrogens is 204 g/mol. The molecule has 1 aromatic carbocycles. The third kappa shape index (κ3) is 1.80. The Kier molecular flexibility index (Phi) is 2.68. The zero-order valence-corrected chi connectivity index (χ0v) is 8.38. The fourth-order valence-corrected chi connectivity index (χ4v) is 1.55. The molecule has 79 valence electrons. The molecule has 0 fully saturated rings. The van der Waals surface area contributed by atoms with Crippen molar-refractivity contribution >= 4 is 11.8 Å². The molecule has 1 radical (unpaired) electrons. The lowest BCUT2D eigenvalue weighted by Gasteiger charge is -2.04. The van der Waals surface area contributed by atoms with Crippen LogP contribution in [0.4, 0.5) is 0 Å². The van der Waals surface area contributed by atoms with Gasteiger partial charge in [0.1, 0.15) is 0 Å². The van der Waals surface area contributed by atoms with Crippen LogP contribution in [0.25, 0.3) is 0 Å². The van der Waals surface area contributed by atoms with Gasteiger partial charge in [-0.2, -0.15) is 0 Å². The molecule has 1 aliphatic rings. The number of carbonyl (C=O) groups excluding carboxylic acids is 1. The summed E-state index contributed by atoms with van der Waals surface area (Å²) < 4.78 is 0. The van der Waals surface area contributed by atoms with Crippen LogP contribution in [0.2, 0.25) is 0 Å². The number of carbonyl (C=O) groups is 2. The zero-order chi connectivity index (χ0) is 11.5. The smallest absolute Gasteiger partial charge is 0.336 e. The van der Waals surface area contributed by atoms with Crippen LogP contribution in [-0.2, 0) is 0 Å². The number of carboxylic acid groups (broad SMARTS) is 1. The second kappa shape index (κ2) is 4.14. The standard InChI is InChI=1S/C13H9O3/c14-12(9-5-1-2-6-9)10-7-3-4-8-11(10)13(15)16/h1-8H,(H,15,16). The van der Waals surface area contributed by atoms with Gasteiger partial charge in [-0.1, -0.05) is 36.4 Å². The van der Waals surface area contributed by atoms with Crippen molar-refractivity contribution in [3.05, 3.63) is 65.6 Å². The lowest BCUT2D eigenvalue weighted by Crippen LogP contribution is -2.09. The molecule has 16 heavy (non-hydrogen) atoms. The summed E-state index contributed by atoms with van der Waals surface area (Å²) in [5.41, 5.74) is 0.767. The fraction of sp³-hybridized carbons (Fsp3) is 0. The van der Waals surface area contributed by atoms with E-state index in [1.807, 2.05) is 0 Å². The van der Waals surface area contributed by atoms with Gasteiger partial charge in [0.05, 0.1) is 5.56 Å². The summed E-state index contributed by atoms with van der Waals surface area (Å²) in [4.78, 5) is 22.9. The van der Waals surface area contributed by atoms with Gasteiger partial charge in [0.15, 0.2) is 5.78 Å². The normalized spacial score (nSPS) is 13.6. The average molecular weight is 213 g/mol. The number of rotatable bonds is 3. The van der Waals surface area contributed by atoms with Crippen molar-refractivity contribution in [2.45, 2.75) is 0 Å². The van der Waals surface area contributed by atoms with E-state index in [9.17, 15) is 9.59 Å². The number of ketones is 1. The predicted molar refractivity (Wildman–Crippen MR) is 59.3 cm³/mol. The van der Waals surface area contributed by atoms with E-state index in [1.165, 1.54) is 12.1 Å². The first-order chi connectivity index (χ1) is 7.70. The van der Waals surface area contributed by atoms with Crippen LogP contribution in [0.15, 0.2) is 48.1 Å². The van der Waals surface area contributed by atoms with Crippen LogP contribution < -0.4 is 0 Å². The molecule has 0 atom stereocenters. The van der Waals surface area contributed by atoms with Crippen molar-refractivity contribution in [1.82, 2.24) is 0 Å². The maximum atomic E-state index is 12.0. The summed E-state index contributed by atoms with van der Waals surface area (Å²) >= 11 is 0. The Morgan fingerprint density at radius 3 is 2.25 bits per heavy atom. The van der Waals surface area contributed by atoms with Crippen molar-refractivity contribution in [1.29, 1.82) is 0 Å². The van der Waals surface area contributed by atoms with Gasteiger partial charge in [0.2, 0.25) is 0 Å². The lowest BCUT2D eigenvalue weighted by atomic mass is 9.98. The van der Waals surface area contributed by atoms with Crippen LogP contribution >= 0.6 is 0 Å². The minimum absolute atomic E-state index is 0.0358. The zero-order valence-electron chi connectivity index (χ0n) is 8.38. The minimum atomic E-state index is -1.09. The van der Waals surface area contributed by atoms with Crippen molar-refractivity contribution in [2.24, 2.45) is 0 Å². The van der Waals surface area contributed by atoms with Gasteiger partial charge in [0, 0.05) is 17.6 Å². The molecular formula is C13H9O3. The Labute approximate surface area is 92.7 Å². The van der Waals surface area contributed by atoms with Gasteiger partial charge < -0.3 is 5.11 Å². The molecule has 0 unspecified atom stereocenters. The molecule has 0 aromatic heterocycles. The molecule has 0 spiro atoms. The molecule has 0 amide bonds. The Morgan fingerprint density at radius 2 is 1.69 bits per heavy atom. The number of benzene rings is 1. The highest BCUT2D eigenvalue weighted by molar-refractivity contribution is 6.15. The van der Waals surface area contributed by atoms with Crippen LogP contribution in [0, 0.1) is 6.42 Å². The number of allylic oxidation sites excluding steroid dienone is 4. The van der Waals surface area contributed by atoms with E-state index in [2.05, 4.69) is 0 Å². The van der Waals surface area contributed by atoms with Crippen LogP contribution in [-0.4, -0.2) is 16.9 Å². The molecule has 0 saturated carbocycles. The lowest BCUT2D eigenvalue weighted by molar-refractivity contribution is 0.0693. The number of hydrogen-bond acceptors (Lipinski definition) is 2. The predicted octanol–water partition coefficient (Wildman–Crippen LogP) is 2.27. The third-order valence-corrected chi connectivity index (χ3v) is 2.33. The maximum absolute atomic E-state index is 12.0. The topological polar surface area (TPSA) is 54.4 Å². The summed E-state index contributed by atoms with van der Waals surface area (Å²) in [6, 6.07) is 6.21. The van der Waals surface area contributed by atoms with Gasteiger partial charge in [-0.15, -0.1) is 0 Å². The highest BCUT2D eigenvalue weighted by Gasteiger charge is 2.19. The first-order valence-corrected chi connectivity index (χ1v) is 4.79. The summed E-state index contributed by atoms with van der Waals surface area (Å²) in [6.07, 6.45) is 6.83. The summed E-state index contributed by atoms with van der Waals surface area (Å²) in [6.45, 7) is 0. The summed E-state index contributed by atoms with van der Waals surface area (Å²) in [5, 5.41) is 8.96. The largest absolute Gasteiger partial charge is 0.478 e. The second-order valence-corrected chi connectivity index (χ2v) is 3.35. The Bertz CT molecular complexity index is 510. The van der Waals surface area contributed by atoms with Crippen LogP contribution in [0.5, 0.6) is 0 Å². The monoisotopic (exact) mass is 213 g/mol. The first-order valence-electron chi connectivity index (χ1n) is 4.79. The molecule has 1 N–H and O–H groups in total. The highest BCUT2D eigenvalue weighted by Crippen LogP contribution is 2.18. The average Bonchev–Trinajstić information content (AvgIpc) is 2.81. The number of Topliss-reactive ketones (excluding diaryl/α,β-unsaturated/α-hetero) is 1. The van der Waals surface area contributed by atoms with E-state index in [1.54, 1.807) is 36.8 Å². The van der Waals surface area contributed by atoms with Crippen molar-refractivity contribution < 1.29 is 14.7 Å². The van der Waals surface area contributed by atoms with Gasteiger partial charge >= 0.3 is 5.97 Å². The SMILES string of the molecule is O=C(O)c1ccccc1C(=O)C1=CC=C[CH]1. The molecule has 1 aliphatic carbocycles. The maximum Gasteiger partial charge on any atom is 0.336 e. The Balaban J connectivity index is 2.40.